The van der Waals surface area contributed by atoms with Crippen LogP contribution in [0.15, 0.2) is 0 Å². The van der Waals surface area contributed by atoms with Crippen molar-refractivity contribution >= 4 is 206 Å². The number of rotatable bonds is 0. The summed E-state index contributed by atoms with van der Waals surface area (Å²) < 4.78 is 0. The Kier molecular flexibility index (Phi) is 2820. The van der Waals surface area contributed by atoms with Crippen LogP contribution < -0.4 is 0 Å². The van der Waals surface area contributed by atoms with Crippen molar-refractivity contribution in [3.63, 3.8) is 0 Å². The minimum atomic E-state index is 0. The Bertz CT molecular complexity index is 21.4. The third-order valence-electron chi connectivity index (χ3n) is 0. The standard InChI is InChI=1S/11CH4.4K.2V/h11*1H4;;;;;;. The van der Waals surface area contributed by atoms with E-state index in [1.54, 1.807) is 0 Å². The normalized spacial score (nSPS) is 0. The molecule has 0 rings (SSSR count). The van der Waals surface area contributed by atoms with Crippen LogP contribution in [-0.2, 0) is 37.1 Å². The Hall–Kier alpha value is 7.71. The second-order valence-electron chi connectivity index (χ2n) is 0. The summed E-state index contributed by atoms with van der Waals surface area (Å²) >= 11 is 0. The molecule has 0 nitrogen and oxygen atoms in total. The minimum Gasteiger partial charge on any atom is -0.0776 e. The molecule has 0 aromatic heterocycles. The second kappa shape index (κ2) is 206. The smallest absolute Gasteiger partial charge is 0 e. The van der Waals surface area contributed by atoms with Crippen LogP contribution in [0.2, 0.25) is 0 Å². The van der Waals surface area contributed by atoms with Gasteiger partial charge in [-0.05, 0) is 0 Å². The van der Waals surface area contributed by atoms with Crippen LogP contribution >= 0.6 is 0 Å². The molecule has 0 aliphatic rings. The summed E-state index contributed by atoms with van der Waals surface area (Å²) in [6.45, 7) is 0. The maximum atomic E-state index is 0. The Morgan fingerprint density at radius 2 is 0.176 bits per heavy atom. The van der Waals surface area contributed by atoms with Gasteiger partial charge in [0.25, 0.3) is 0 Å². The van der Waals surface area contributed by atoms with E-state index in [1.807, 2.05) is 0 Å². The molecule has 0 saturated carbocycles. The van der Waals surface area contributed by atoms with Crippen LogP contribution in [0.25, 0.3) is 0 Å². The summed E-state index contributed by atoms with van der Waals surface area (Å²) in [5.74, 6) is 0. The summed E-state index contributed by atoms with van der Waals surface area (Å²) in [5.41, 5.74) is 0. The molecule has 0 atom stereocenters. The molecule has 0 aliphatic carbocycles. The molecule has 0 heterocycles. The van der Waals surface area contributed by atoms with Crippen LogP contribution in [-0.4, -0.2) is 206 Å². The first-order chi connectivity index (χ1) is 0. The van der Waals surface area contributed by atoms with Gasteiger partial charge in [-0.3, -0.25) is 0 Å². The Labute approximate surface area is 314 Å². The average molecular weight is 435 g/mol. The number of hydrogen-bond donors (Lipinski definition) is 0. The van der Waals surface area contributed by atoms with E-state index >= 15 is 0 Å². The fraction of sp³-hybridized carbons (Fsp3) is 1.00. The molecule has 0 N–H and O–H groups in total. The fourth-order valence-corrected chi connectivity index (χ4v) is 0. The molecular weight excluding hydrogens is 390 g/mol. The zero-order chi connectivity index (χ0) is 0. The van der Waals surface area contributed by atoms with Crippen molar-refractivity contribution in [3.8, 4) is 0 Å². The first-order valence-electron chi connectivity index (χ1n) is 0. The van der Waals surface area contributed by atoms with E-state index in [0.717, 1.165) is 0 Å². The van der Waals surface area contributed by atoms with E-state index in [4.69, 9.17) is 0 Å². The molecule has 17 heavy (non-hydrogen) atoms. The third kappa shape index (κ3) is 188. The maximum Gasteiger partial charge on any atom is 0 e. The molecule has 0 amide bonds. The van der Waals surface area contributed by atoms with E-state index in [1.165, 1.54) is 0 Å². The molecule has 0 aliphatic heterocycles. The molecule has 0 aromatic carbocycles. The van der Waals surface area contributed by atoms with E-state index in [2.05, 4.69) is 0 Å². The van der Waals surface area contributed by atoms with Crippen molar-refractivity contribution in [2.24, 2.45) is 0 Å². The monoisotopic (exact) mass is 434 g/mol. The summed E-state index contributed by atoms with van der Waals surface area (Å²) in [7, 11) is 0. The van der Waals surface area contributed by atoms with Gasteiger partial charge in [-0.1, -0.05) is 81.7 Å². The second-order valence-corrected chi connectivity index (χ2v) is 0. The van der Waals surface area contributed by atoms with Crippen molar-refractivity contribution in [1.82, 2.24) is 0 Å². The molecule has 0 fully saturated rings. The Morgan fingerprint density at radius 3 is 0.176 bits per heavy atom. The largest absolute Gasteiger partial charge is 0.0776 e. The zero-order valence-corrected chi connectivity index (χ0v) is 20.2. The Morgan fingerprint density at radius 1 is 0.176 bits per heavy atom. The summed E-state index contributed by atoms with van der Waals surface area (Å²) in [5, 5.41) is 0. The molecule has 6 heteroatoms. The van der Waals surface area contributed by atoms with E-state index in [-0.39, 0.29) is 324 Å². The first kappa shape index (κ1) is 234. The summed E-state index contributed by atoms with van der Waals surface area (Å²) in [6, 6.07) is 0. The topological polar surface area (TPSA) is 0 Å². The molecule has 0 bridgehead atoms. The molecule has 0 saturated heterocycles. The maximum absolute atomic E-state index is 0. The number of hydrogen-bond acceptors (Lipinski definition) is 0. The van der Waals surface area contributed by atoms with Gasteiger partial charge in [0, 0.05) is 243 Å². The van der Waals surface area contributed by atoms with Gasteiger partial charge in [-0.2, -0.15) is 0 Å². The Balaban J connectivity index is 0. The van der Waals surface area contributed by atoms with E-state index in [9.17, 15) is 0 Å². The summed E-state index contributed by atoms with van der Waals surface area (Å²) in [6.07, 6.45) is 0. The van der Waals surface area contributed by atoms with Gasteiger partial charge in [0.15, 0.2) is 0 Å². The molecule has 6 radical (unpaired) electrons. The minimum absolute atomic E-state index is 0. The van der Waals surface area contributed by atoms with Crippen LogP contribution in [0, 0.1) is 0 Å². The molecule has 0 aromatic rings. The SMILES string of the molecule is C.C.C.C.C.C.C.C.C.C.C.[K].[K].[K].[K].[V].[V]. The van der Waals surface area contributed by atoms with E-state index in [0.29, 0.717) is 0 Å². The van der Waals surface area contributed by atoms with Gasteiger partial charge in [0.05, 0.1) is 0 Å². The zero-order valence-electron chi connectivity index (χ0n) is 4.89. The van der Waals surface area contributed by atoms with Crippen LogP contribution in [0.5, 0.6) is 0 Å². The van der Waals surface area contributed by atoms with Gasteiger partial charge in [-0.25, -0.2) is 0 Å². The van der Waals surface area contributed by atoms with Crippen molar-refractivity contribution in [2.75, 3.05) is 0 Å². The first-order valence-corrected chi connectivity index (χ1v) is 0. The van der Waals surface area contributed by atoms with Crippen molar-refractivity contribution < 1.29 is 37.1 Å². The molecule has 102 valence electrons. The van der Waals surface area contributed by atoms with Crippen molar-refractivity contribution in [2.45, 2.75) is 81.7 Å². The third-order valence-corrected chi connectivity index (χ3v) is 0. The predicted molar refractivity (Wildman–Crippen MR) is 97.1 cm³/mol. The van der Waals surface area contributed by atoms with E-state index < -0.39 is 0 Å². The van der Waals surface area contributed by atoms with Crippen LogP contribution in [0.4, 0.5) is 0 Å². The van der Waals surface area contributed by atoms with Gasteiger partial charge in [0.2, 0.25) is 0 Å². The molecular formula is C11H44K4V2. The van der Waals surface area contributed by atoms with Gasteiger partial charge >= 0.3 is 0 Å². The molecule has 0 spiro atoms. The fourth-order valence-electron chi connectivity index (χ4n) is 0. The van der Waals surface area contributed by atoms with Crippen molar-refractivity contribution in [1.29, 1.82) is 0 Å². The van der Waals surface area contributed by atoms with Crippen molar-refractivity contribution in [3.05, 3.63) is 0 Å². The van der Waals surface area contributed by atoms with Gasteiger partial charge in [-0.15, -0.1) is 0 Å². The summed E-state index contributed by atoms with van der Waals surface area (Å²) in [4.78, 5) is 0. The quantitative estimate of drug-likeness (QED) is 0.444. The average Bonchev–Trinajstić information content (AvgIpc) is 0. The predicted octanol–water partition coefficient (Wildman–Crippen LogP) is 5.47. The van der Waals surface area contributed by atoms with Crippen LogP contribution in [0.3, 0.4) is 0 Å². The van der Waals surface area contributed by atoms with Gasteiger partial charge in [0.1, 0.15) is 0 Å². The van der Waals surface area contributed by atoms with Crippen LogP contribution in [0.1, 0.15) is 81.7 Å². The van der Waals surface area contributed by atoms with Gasteiger partial charge < -0.3 is 0 Å². The molecule has 0 unspecified atom stereocenters.